The summed E-state index contributed by atoms with van der Waals surface area (Å²) in [5, 5.41) is 3.16. The third kappa shape index (κ3) is 6.20. The highest BCUT2D eigenvalue weighted by Gasteiger charge is 2.14. The van der Waals surface area contributed by atoms with Gasteiger partial charge in [-0.15, -0.1) is 0 Å². The van der Waals surface area contributed by atoms with Crippen LogP contribution in [0.4, 0.5) is 0 Å². The Morgan fingerprint density at radius 2 is 1.90 bits per heavy atom. The van der Waals surface area contributed by atoms with Crippen molar-refractivity contribution in [2.24, 2.45) is 11.7 Å². The van der Waals surface area contributed by atoms with Crippen LogP contribution in [0.25, 0.3) is 0 Å². The largest absolute Gasteiger partial charge is 0.349 e. The normalized spacial score (nSPS) is 13.8. The molecular formula is C17H28N2O. The lowest BCUT2D eigenvalue weighted by Gasteiger charge is -2.19. The maximum absolute atomic E-state index is 12.1. The minimum absolute atomic E-state index is 0.138. The summed E-state index contributed by atoms with van der Waals surface area (Å²) in [5.41, 5.74) is 6.72. The molecule has 0 saturated carbocycles. The zero-order valence-electron chi connectivity index (χ0n) is 12.8. The van der Waals surface area contributed by atoms with E-state index in [9.17, 15) is 4.79 Å². The smallest absolute Gasteiger partial charge is 0.220 e. The molecule has 0 radical (unpaired) electrons. The summed E-state index contributed by atoms with van der Waals surface area (Å²) >= 11 is 0. The highest BCUT2D eigenvalue weighted by Crippen LogP contribution is 2.18. The van der Waals surface area contributed by atoms with Gasteiger partial charge in [-0.2, -0.15) is 0 Å². The fourth-order valence-electron chi connectivity index (χ4n) is 2.37. The van der Waals surface area contributed by atoms with Gasteiger partial charge in [0.25, 0.3) is 0 Å². The number of hydrogen-bond donors (Lipinski definition) is 2. The molecule has 3 N–H and O–H groups in total. The molecule has 3 heteroatoms. The van der Waals surface area contributed by atoms with Crippen molar-refractivity contribution in [3.63, 3.8) is 0 Å². The van der Waals surface area contributed by atoms with Crippen LogP contribution in [0.5, 0.6) is 0 Å². The number of benzene rings is 1. The van der Waals surface area contributed by atoms with E-state index in [1.807, 2.05) is 18.2 Å². The molecule has 0 spiro atoms. The first-order valence-electron chi connectivity index (χ1n) is 7.71. The monoisotopic (exact) mass is 276 g/mol. The summed E-state index contributed by atoms with van der Waals surface area (Å²) in [7, 11) is 0. The lowest BCUT2D eigenvalue weighted by molar-refractivity contribution is -0.122. The first kappa shape index (κ1) is 16.7. The zero-order chi connectivity index (χ0) is 14.8. The first-order valence-corrected chi connectivity index (χ1v) is 7.71. The predicted molar refractivity (Wildman–Crippen MR) is 84.3 cm³/mol. The second kappa shape index (κ2) is 9.54. The van der Waals surface area contributed by atoms with Gasteiger partial charge in [0.05, 0.1) is 6.04 Å². The lowest BCUT2D eigenvalue weighted by atomic mass is 10.00. The molecule has 0 fully saturated rings. The molecular weight excluding hydrogens is 248 g/mol. The fourth-order valence-corrected chi connectivity index (χ4v) is 2.37. The van der Waals surface area contributed by atoms with Gasteiger partial charge in [-0.25, -0.2) is 0 Å². The van der Waals surface area contributed by atoms with Crippen molar-refractivity contribution in [2.75, 3.05) is 6.54 Å². The van der Waals surface area contributed by atoms with E-state index in [1.165, 1.54) is 5.56 Å². The van der Waals surface area contributed by atoms with Crippen molar-refractivity contribution in [1.29, 1.82) is 0 Å². The Labute approximate surface area is 122 Å². The second-order valence-electron chi connectivity index (χ2n) is 5.54. The van der Waals surface area contributed by atoms with Gasteiger partial charge < -0.3 is 11.1 Å². The molecule has 0 heterocycles. The van der Waals surface area contributed by atoms with Crippen molar-refractivity contribution in [3.05, 3.63) is 35.9 Å². The molecule has 1 amide bonds. The Balaban J connectivity index is 2.47. The Bertz CT molecular complexity index is 378. The van der Waals surface area contributed by atoms with Gasteiger partial charge in [0.15, 0.2) is 0 Å². The van der Waals surface area contributed by atoms with Gasteiger partial charge in [-0.1, -0.05) is 50.6 Å². The molecule has 0 aliphatic rings. The molecule has 3 nitrogen and oxygen atoms in total. The highest BCUT2D eigenvalue weighted by atomic mass is 16.1. The lowest BCUT2D eigenvalue weighted by Crippen LogP contribution is -2.28. The number of rotatable bonds is 9. The van der Waals surface area contributed by atoms with Crippen LogP contribution in [0.2, 0.25) is 0 Å². The Kier molecular flexibility index (Phi) is 7.97. The predicted octanol–water partition coefficient (Wildman–Crippen LogP) is 3.41. The van der Waals surface area contributed by atoms with Gasteiger partial charge in [-0.3, -0.25) is 4.79 Å². The number of carbonyl (C=O) groups excluding carboxylic acids is 1. The van der Waals surface area contributed by atoms with Crippen molar-refractivity contribution in [1.82, 2.24) is 5.32 Å². The molecule has 1 aromatic rings. The van der Waals surface area contributed by atoms with Crippen LogP contribution >= 0.6 is 0 Å². The first-order chi connectivity index (χ1) is 9.67. The van der Waals surface area contributed by atoms with E-state index >= 15 is 0 Å². The number of nitrogens with one attached hydrogen (secondary N) is 1. The quantitative estimate of drug-likeness (QED) is 0.726. The molecule has 0 bridgehead atoms. The van der Waals surface area contributed by atoms with E-state index in [2.05, 4.69) is 31.3 Å². The molecule has 112 valence electrons. The third-order valence-corrected chi connectivity index (χ3v) is 3.64. The number of carbonyl (C=O) groups is 1. The van der Waals surface area contributed by atoms with Crippen LogP contribution < -0.4 is 11.1 Å². The van der Waals surface area contributed by atoms with Crippen LogP contribution in [0.3, 0.4) is 0 Å². The number of hydrogen-bond acceptors (Lipinski definition) is 2. The van der Waals surface area contributed by atoms with Gasteiger partial charge in [0.2, 0.25) is 5.91 Å². The summed E-state index contributed by atoms with van der Waals surface area (Å²) in [6.45, 7) is 5.00. The summed E-state index contributed by atoms with van der Waals surface area (Å²) in [6, 6.07) is 10.3. The van der Waals surface area contributed by atoms with Crippen LogP contribution in [-0.2, 0) is 4.79 Å². The van der Waals surface area contributed by atoms with Crippen molar-refractivity contribution in [3.8, 4) is 0 Å². The van der Waals surface area contributed by atoms with Crippen LogP contribution in [0.1, 0.15) is 57.6 Å². The summed E-state index contributed by atoms with van der Waals surface area (Å²) in [6.07, 6.45) is 4.53. The SMILES string of the molecule is CCCC(NC(=O)CCC(C)CCN)c1ccccc1. The standard InChI is InChI=1S/C17H28N2O/c1-3-7-16(15-8-5-4-6-9-15)19-17(20)11-10-14(2)12-13-18/h4-6,8-9,14,16H,3,7,10-13,18H2,1-2H3,(H,19,20). The van der Waals surface area contributed by atoms with Crippen LogP contribution in [0, 0.1) is 5.92 Å². The Hall–Kier alpha value is -1.35. The second-order valence-corrected chi connectivity index (χ2v) is 5.54. The topological polar surface area (TPSA) is 55.1 Å². The highest BCUT2D eigenvalue weighted by molar-refractivity contribution is 5.76. The minimum Gasteiger partial charge on any atom is -0.349 e. The average molecular weight is 276 g/mol. The molecule has 2 unspecified atom stereocenters. The van der Waals surface area contributed by atoms with E-state index in [0.29, 0.717) is 18.9 Å². The maximum atomic E-state index is 12.1. The number of nitrogens with two attached hydrogens (primary N) is 1. The Morgan fingerprint density at radius 3 is 2.50 bits per heavy atom. The molecule has 0 aliphatic carbocycles. The van der Waals surface area contributed by atoms with Gasteiger partial charge in [-0.05, 0) is 37.3 Å². The fraction of sp³-hybridized carbons (Fsp3) is 0.588. The van der Waals surface area contributed by atoms with Crippen molar-refractivity contribution >= 4 is 5.91 Å². The van der Waals surface area contributed by atoms with Crippen LogP contribution in [0.15, 0.2) is 30.3 Å². The maximum Gasteiger partial charge on any atom is 0.220 e. The third-order valence-electron chi connectivity index (χ3n) is 3.64. The molecule has 0 saturated heterocycles. The molecule has 2 atom stereocenters. The summed E-state index contributed by atoms with van der Waals surface area (Å²) < 4.78 is 0. The van der Waals surface area contributed by atoms with E-state index < -0.39 is 0 Å². The van der Waals surface area contributed by atoms with Gasteiger partial charge in [0, 0.05) is 6.42 Å². The molecule has 0 aliphatic heterocycles. The van der Waals surface area contributed by atoms with E-state index in [0.717, 1.165) is 25.7 Å². The average Bonchev–Trinajstić information content (AvgIpc) is 2.46. The van der Waals surface area contributed by atoms with Crippen molar-refractivity contribution in [2.45, 2.75) is 52.0 Å². The van der Waals surface area contributed by atoms with E-state index in [1.54, 1.807) is 0 Å². The Morgan fingerprint density at radius 1 is 1.20 bits per heavy atom. The van der Waals surface area contributed by atoms with Crippen LogP contribution in [-0.4, -0.2) is 12.5 Å². The summed E-state index contributed by atoms with van der Waals surface area (Å²) in [5.74, 6) is 0.670. The minimum atomic E-state index is 0.138. The molecule has 1 rings (SSSR count). The molecule has 1 aromatic carbocycles. The van der Waals surface area contributed by atoms with Crippen molar-refractivity contribution < 1.29 is 4.79 Å². The van der Waals surface area contributed by atoms with E-state index in [4.69, 9.17) is 5.73 Å². The van der Waals surface area contributed by atoms with Gasteiger partial charge >= 0.3 is 0 Å². The summed E-state index contributed by atoms with van der Waals surface area (Å²) in [4.78, 5) is 12.1. The number of amides is 1. The molecule has 20 heavy (non-hydrogen) atoms. The zero-order valence-corrected chi connectivity index (χ0v) is 12.8. The van der Waals surface area contributed by atoms with E-state index in [-0.39, 0.29) is 11.9 Å². The molecule has 0 aromatic heterocycles. The van der Waals surface area contributed by atoms with Gasteiger partial charge in [0.1, 0.15) is 0 Å².